The first-order valence-electron chi connectivity index (χ1n) is 8.98. The number of thioether (sulfide) groups is 1. The van der Waals surface area contributed by atoms with E-state index in [1.807, 2.05) is 22.1 Å². The summed E-state index contributed by atoms with van der Waals surface area (Å²) in [5.41, 5.74) is 3.13. The van der Waals surface area contributed by atoms with Gasteiger partial charge in [-0.15, -0.1) is 21.5 Å². The third kappa shape index (κ3) is 5.64. The van der Waals surface area contributed by atoms with E-state index in [2.05, 4.69) is 46.5 Å². The van der Waals surface area contributed by atoms with E-state index >= 15 is 0 Å². The molecule has 0 aliphatic rings. The molecule has 0 radical (unpaired) electrons. The lowest BCUT2D eigenvalue weighted by molar-refractivity contribution is -0.113. The second kappa shape index (κ2) is 9.66. The molecule has 2 aromatic heterocycles. The molecule has 0 saturated carbocycles. The second-order valence-corrected chi connectivity index (χ2v) is 8.06. The fourth-order valence-corrected chi connectivity index (χ4v) is 3.99. The van der Waals surface area contributed by atoms with Gasteiger partial charge >= 0.3 is 0 Å². The lowest BCUT2D eigenvalue weighted by Gasteiger charge is -2.05. The SMILES string of the molecule is CCCCCn1cnnc1SCC(=O)Nc1nc(-c2ccc(C)cc2)cs1. The smallest absolute Gasteiger partial charge is 0.236 e. The highest BCUT2D eigenvalue weighted by atomic mass is 32.2. The Morgan fingerprint density at radius 3 is 2.85 bits per heavy atom. The number of rotatable bonds is 9. The Morgan fingerprint density at radius 1 is 1.26 bits per heavy atom. The minimum Gasteiger partial charge on any atom is -0.309 e. The summed E-state index contributed by atoms with van der Waals surface area (Å²) in [6, 6.07) is 8.19. The van der Waals surface area contributed by atoms with Crippen molar-refractivity contribution < 1.29 is 4.79 Å². The lowest BCUT2D eigenvalue weighted by atomic mass is 10.1. The fraction of sp³-hybridized carbons (Fsp3) is 0.368. The number of anilines is 1. The van der Waals surface area contributed by atoms with Crippen molar-refractivity contribution >= 4 is 34.1 Å². The van der Waals surface area contributed by atoms with Crippen molar-refractivity contribution in [1.29, 1.82) is 0 Å². The van der Waals surface area contributed by atoms with Crippen LogP contribution in [0.1, 0.15) is 31.7 Å². The van der Waals surface area contributed by atoms with Crippen molar-refractivity contribution in [2.45, 2.75) is 44.8 Å². The summed E-state index contributed by atoms with van der Waals surface area (Å²) in [6.45, 7) is 5.12. The summed E-state index contributed by atoms with van der Waals surface area (Å²) in [5.74, 6) is 0.194. The normalized spacial score (nSPS) is 10.9. The summed E-state index contributed by atoms with van der Waals surface area (Å²) >= 11 is 2.83. The van der Waals surface area contributed by atoms with Crippen LogP contribution in [0.15, 0.2) is 41.1 Å². The van der Waals surface area contributed by atoms with Gasteiger partial charge in [0.2, 0.25) is 5.91 Å². The van der Waals surface area contributed by atoms with Crippen LogP contribution in [0.25, 0.3) is 11.3 Å². The molecule has 0 unspecified atom stereocenters. The highest BCUT2D eigenvalue weighted by Crippen LogP contribution is 2.25. The quantitative estimate of drug-likeness (QED) is 0.418. The predicted octanol–water partition coefficient (Wildman–Crippen LogP) is 4.63. The Balaban J connectivity index is 1.52. The summed E-state index contributed by atoms with van der Waals surface area (Å²) < 4.78 is 2.01. The maximum Gasteiger partial charge on any atom is 0.236 e. The van der Waals surface area contributed by atoms with Gasteiger partial charge in [0.05, 0.1) is 11.4 Å². The van der Waals surface area contributed by atoms with Gasteiger partial charge in [0.25, 0.3) is 0 Å². The number of carbonyl (C=O) groups is 1. The number of thiazole rings is 1. The molecule has 3 rings (SSSR count). The number of nitrogens with one attached hydrogen (secondary N) is 1. The first kappa shape index (κ1) is 19.6. The first-order chi connectivity index (χ1) is 13.2. The molecule has 27 heavy (non-hydrogen) atoms. The van der Waals surface area contributed by atoms with Gasteiger partial charge in [-0.3, -0.25) is 4.79 Å². The molecule has 1 aromatic carbocycles. The van der Waals surface area contributed by atoms with Crippen molar-refractivity contribution in [1.82, 2.24) is 19.7 Å². The first-order valence-corrected chi connectivity index (χ1v) is 10.8. The highest BCUT2D eigenvalue weighted by Gasteiger charge is 2.11. The summed E-state index contributed by atoms with van der Waals surface area (Å²) in [7, 11) is 0. The van der Waals surface area contributed by atoms with Crippen LogP contribution in [0.4, 0.5) is 5.13 Å². The van der Waals surface area contributed by atoms with Gasteiger partial charge in [-0.05, 0) is 13.3 Å². The highest BCUT2D eigenvalue weighted by molar-refractivity contribution is 7.99. The van der Waals surface area contributed by atoms with Crippen LogP contribution < -0.4 is 5.32 Å². The number of benzene rings is 1. The molecular formula is C19H23N5OS2. The summed E-state index contributed by atoms with van der Waals surface area (Å²) in [6.07, 6.45) is 5.17. The van der Waals surface area contributed by atoms with Gasteiger partial charge in [0.15, 0.2) is 10.3 Å². The topological polar surface area (TPSA) is 72.7 Å². The molecule has 0 saturated heterocycles. The molecule has 6 nitrogen and oxygen atoms in total. The number of aryl methyl sites for hydroxylation is 2. The zero-order valence-electron chi connectivity index (χ0n) is 15.5. The van der Waals surface area contributed by atoms with Crippen LogP contribution in [0.3, 0.4) is 0 Å². The number of unbranched alkanes of at least 4 members (excludes halogenated alkanes) is 2. The van der Waals surface area contributed by atoms with Crippen LogP contribution in [0.2, 0.25) is 0 Å². The van der Waals surface area contributed by atoms with Gasteiger partial charge in [-0.2, -0.15) is 0 Å². The molecule has 2 heterocycles. The van der Waals surface area contributed by atoms with E-state index in [0.717, 1.165) is 29.4 Å². The lowest BCUT2D eigenvalue weighted by Crippen LogP contribution is -2.14. The average molecular weight is 402 g/mol. The number of aromatic nitrogens is 4. The summed E-state index contributed by atoms with van der Waals surface area (Å²) in [5, 5.41) is 14.3. The van der Waals surface area contributed by atoms with E-state index in [1.165, 1.54) is 41.5 Å². The van der Waals surface area contributed by atoms with Crippen molar-refractivity contribution in [2.75, 3.05) is 11.1 Å². The van der Waals surface area contributed by atoms with Crippen molar-refractivity contribution in [3.8, 4) is 11.3 Å². The van der Waals surface area contributed by atoms with E-state index < -0.39 is 0 Å². The van der Waals surface area contributed by atoms with Crippen LogP contribution in [0.5, 0.6) is 0 Å². The largest absolute Gasteiger partial charge is 0.309 e. The number of amides is 1. The average Bonchev–Trinajstić information content (AvgIpc) is 3.30. The van der Waals surface area contributed by atoms with E-state index in [4.69, 9.17) is 0 Å². The molecule has 0 aliphatic heterocycles. The monoisotopic (exact) mass is 401 g/mol. The van der Waals surface area contributed by atoms with Crippen LogP contribution in [0, 0.1) is 6.92 Å². The fourth-order valence-electron chi connectivity index (χ4n) is 2.52. The molecule has 0 fully saturated rings. The second-order valence-electron chi connectivity index (χ2n) is 6.25. The number of carbonyl (C=O) groups excluding carboxylic acids is 1. The third-order valence-corrected chi connectivity index (χ3v) is 5.75. The Kier molecular flexibility index (Phi) is 7.00. The van der Waals surface area contributed by atoms with E-state index in [1.54, 1.807) is 6.33 Å². The predicted molar refractivity (Wildman–Crippen MR) is 111 cm³/mol. The van der Waals surface area contributed by atoms with E-state index in [0.29, 0.717) is 5.13 Å². The van der Waals surface area contributed by atoms with Gasteiger partial charge in [0, 0.05) is 17.5 Å². The maximum atomic E-state index is 12.2. The number of hydrogen-bond donors (Lipinski definition) is 1. The molecule has 1 amide bonds. The molecule has 8 heteroatoms. The molecular weight excluding hydrogens is 378 g/mol. The third-order valence-electron chi connectivity index (χ3n) is 4.01. The molecule has 0 atom stereocenters. The molecule has 0 aliphatic carbocycles. The van der Waals surface area contributed by atoms with Crippen molar-refractivity contribution in [3.63, 3.8) is 0 Å². The minimum absolute atomic E-state index is 0.0899. The standard InChI is InChI=1S/C19H23N5OS2/c1-3-4-5-10-24-13-20-23-19(24)27-12-17(25)22-18-21-16(11-26-18)15-8-6-14(2)7-9-15/h6-9,11,13H,3-5,10,12H2,1-2H3,(H,21,22,25). The number of nitrogens with zero attached hydrogens (tertiary/aromatic N) is 4. The van der Waals surface area contributed by atoms with E-state index in [9.17, 15) is 4.79 Å². The molecule has 142 valence electrons. The van der Waals surface area contributed by atoms with E-state index in [-0.39, 0.29) is 11.7 Å². The Bertz CT molecular complexity index is 872. The zero-order valence-corrected chi connectivity index (χ0v) is 17.1. The van der Waals surface area contributed by atoms with Gasteiger partial charge in [0.1, 0.15) is 6.33 Å². The van der Waals surface area contributed by atoms with Crippen LogP contribution in [-0.4, -0.2) is 31.4 Å². The van der Waals surface area contributed by atoms with Crippen molar-refractivity contribution in [3.05, 3.63) is 41.5 Å². The Hall–Kier alpha value is -2.19. The van der Waals surface area contributed by atoms with Crippen LogP contribution in [-0.2, 0) is 11.3 Å². The zero-order chi connectivity index (χ0) is 19.1. The van der Waals surface area contributed by atoms with Gasteiger partial charge < -0.3 is 9.88 Å². The minimum atomic E-state index is -0.0899. The Morgan fingerprint density at radius 2 is 2.07 bits per heavy atom. The molecule has 1 N–H and O–H groups in total. The maximum absolute atomic E-state index is 12.2. The summed E-state index contributed by atoms with van der Waals surface area (Å²) in [4.78, 5) is 16.8. The van der Waals surface area contributed by atoms with Crippen LogP contribution >= 0.6 is 23.1 Å². The van der Waals surface area contributed by atoms with Gasteiger partial charge in [-0.25, -0.2) is 4.98 Å². The molecule has 0 spiro atoms. The van der Waals surface area contributed by atoms with Crippen molar-refractivity contribution in [2.24, 2.45) is 0 Å². The van der Waals surface area contributed by atoms with Gasteiger partial charge in [-0.1, -0.05) is 61.4 Å². The molecule has 3 aromatic rings. The number of hydrogen-bond acceptors (Lipinski definition) is 6. The Labute approximate surface area is 167 Å². The molecule has 0 bridgehead atoms.